The first-order valence-corrected chi connectivity index (χ1v) is 10.3. The number of nitrogens with zero attached hydrogens (tertiary/aromatic N) is 2. The van der Waals surface area contributed by atoms with Gasteiger partial charge in [-0.25, -0.2) is 18.1 Å². The van der Waals surface area contributed by atoms with Gasteiger partial charge in [0.25, 0.3) is 0 Å². The minimum atomic E-state index is -3.77. The molecule has 0 bridgehead atoms. The van der Waals surface area contributed by atoms with E-state index in [1.807, 2.05) is 28.8 Å². The Morgan fingerprint density at radius 1 is 1.14 bits per heavy atom. The number of carbonyl (C=O) groups excluding carboxylic acids is 2. The number of amides is 1. The fraction of sp³-hybridized carbons (Fsp3) is 0.211. The quantitative estimate of drug-likeness (QED) is 0.540. The average Bonchev–Trinajstić information content (AvgIpc) is 3.09. The van der Waals surface area contributed by atoms with Gasteiger partial charge in [-0.3, -0.25) is 9.59 Å². The standard InChI is InChI=1S/C19H20N4O5S/c1-14(24)21-15-5-7-17(8-6-15)29(26,27)20-10-9-19(25)28-13-16-12-23-11-3-2-4-18(23)22-16/h2-8,11-12,20H,9-10,13H2,1H3,(H,21,24). The summed E-state index contributed by atoms with van der Waals surface area (Å²) in [4.78, 5) is 27.2. The van der Waals surface area contributed by atoms with Crippen LogP contribution in [0.4, 0.5) is 5.69 Å². The molecule has 3 aromatic rings. The number of nitrogens with one attached hydrogen (secondary N) is 2. The van der Waals surface area contributed by atoms with Crippen molar-refractivity contribution in [2.24, 2.45) is 0 Å². The van der Waals surface area contributed by atoms with Gasteiger partial charge in [-0.1, -0.05) is 6.07 Å². The molecule has 2 N–H and O–H groups in total. The van der Waals surface area contributed by atoms with E-state index in [0.717, 1.165) is 5.65 Å². The monoisotopic (exact) mass is 416 g/mol. The maximum Gasteiger partial charge on any atom is 0.307 e. The molecule has 2 aromatic heterocycles. The first-order valence-electron chi connectivity index (χ1n) is 8.79. The number of ether oxygens (including phenoxy) is 1. The van der Waals surface area contributed by atoms with E-state index in [2.05, 4.69) is 15.0 Å². The number of aromatic nitrogens is 2. The first kappa shape index (κ1) is 20.5. The topological polar surface area (TPSA) is 119 Å². The molecule has 0 spiro atoms. The number of anilines is 1. The molecule has 152 valence electrons. The van der Waals surface area contributed by atoms with Crippen LogP contribution in [-0.4, -0.2) is 36.2 Å². The van der Waals surface area contributed by atoms with Crippen molar-refractivity contribution in [1.29, 1.82) is 0 Å². The fourth-order valence-electron chi connectivity index (χ4n) is 2.57. The van der Waals surface area contributed by atoms with Crippen molar-refractivity contribution in [3.05, 3.63) is 60.6 Å². The molecule has 0 atom stereocenters. The highest BCUT2D eigenvalue weighted by molar-refractivity contribution is 7.89. The fourth-order valence-corrected chi connectivity index (χ4v) is 3.61. The van der Waals surface area contributed by atoms with E-state index in [-0.39, 0.29) is 30.4 Å². The van der Waals surface area contributed by atoms with Gasteiger partial charge in [0.1, 0.15) is 12.3 Å². The molecule has 1 amide bonds. The van der Waals surface area contributed by atoms with E-state index < -0.39 is 16.0 Å². The summed E-state index contributed by atoms with van der Waals surface area (Å²) in [6.45, 7) is 1.28. The Kier molecular flexibility index (Phi) is 6.25. The molecule has 0 saturated heterocycles. The number of rotatable bonds is 8. The predicted octanol–water partition coefficient (Wildman–Crippen LogP) is 1.70. The Bertz CT molecular complexity index is 1090. The predicted molar refractivity (Wildman–Crippen MR) is 106 cm³/mol. The Balaban J connectivity index is 1.46. The average molecular weight is 416 g/mol. The third-order valence-corrected chi connectivity index (χ3v) is 5.38. The highest BCUT2D eigenvalue weighted by Gasteiger charge is 2.15. The summed E-state index contributed by atoms with van der Waals surface area (Å²) in [5.41, 5.74) is 1.84. The molecule has 10 heteroatoms. The number of benzene rings is 1. The van der Waals surface area contributed by atoms with Crippen molar-refractivity contribution in [3.8, 4) is 0 Å². The van der Waals surface area contributed by atoms with Crippen LogP contribution >= 0.6 is 0 Å². The lowest BCUT2D eigenvalue weighted by Gasteiger charge is -2.08. The van der Waals surface area contributed by atoms with Gasteiger partial charge in [-0.2, -0.15) is 0 Å². The van der Waals surface area contributed by atoms with Crippen molar-refractivity contribution in [1.82, 2.24) is 14.1 Å². The molecule has 2 heterocycles. The molecule has 0 saturated carbocycles. The van der Waals surface area contributed by atoms with Crippen LogP contribution in [0.5, 0.6) is 0 Å². The van der Waals surface area contributed by atoms with Crippen LogP contribution in [0.2, 0.25) is 0 Å². The summed E-state index contributed by atoms with van der Waals surface area (Å²) in [7, 11) is -3.77. The van der Waals surface area contributed by atoms with Crippen molar-refractivity contribution >= 4 is 33.2 Å². The van der Waals surface area contributed by atoms with Gasteiger partial charge in [0.15, 0.2) is 0 Å². The number of sulfonamides is 1. The minimum absolute atomic E-state index is 0.0118. The Morgan fingerprint density at radius 2 is 1.90 bits per heavy atom. The highest BCUT2D eigenvalue weighted by atomic mass is 32.2. The molecule has 1 aromatic carbocycles. The Morgan fingerprint density at radius 3 is 2.59 bits per heavy atom. The lowest BCUT2D eigenvalue weighted by molar-refractivity contribution is -0.144. The highest BCUT2D eigenvalue weighted by Crippen LogP contribution is 2.14. The second-order valence-corrected chi connectivity index (χ2v) is 7.98. The molecule has 29 heavy (non-hydrogen) atoms. The molecule has 0 aliphatic carbocycles. The van der Waals surface area contributed by atoms with Gasteiger partial charge in [0.2, 0.25) is 15.9 Å². The van der Waals surface area contributed by atoms with Gasteiger partial charge in [-0.15, -0.1) is 0 Å². The summed E-state index contributed by atoms with van der Waals surface area (Å²) >= 11 is 0. The number of pyridine rings is 1. The third-order valence-electron chi connectivity index (χ3n) is 3.90. The zero-order chi connectivity index (χ0) is 20.9. The van der Waals surface area contributed by atoms with Crippen LogP contribution in [0.15, 0.2) is 59.8 Å². The van der Waals surface area contributed by atoms with E-state index in [1.54, 1.807) is 6.20 Å². The summed E-state index contributed by atoms with van der Waals surface area (Å²) in [6, 6.07) is 11.3. The van der Waals surface area contributed by atoms with Crippen LogP contribution in [-0.2, 0) is 31.0 Å². The van der Waals surface area contributed by atoms with Crippen molar-refractivity contribution in [2.45, 2.75) is 24.8 Å². The number of carbonyl (C=O) groups is 2. The molecule has 0 aliphatic rings. The third kappa shape index (κ3) is 5.62. The number of imidazole rings is 1. The number of fused-ring (bicyclic) bond motifs is 1. The Hall–Kier alpha value is -3.24. The number of esters is 1. The maximum absolute atomic E-state index is 12.3. The second kappa shape index (κ2) is 8.84. The molecule has 0 fully saturated rings. The minimum Gasteiger partial charge on any atom is -0.459 e. The second-order valence-electron chi connectivity index (χ2n) is 6.21. The molecule has 0 radical (unpaired) electrons. The molecule has 9 nitrogen and oxygen atoms in total. The van der Waals surface area contributed by atoms with E-state index in [0.29, 0.717) is 11.4 Å². The number of hydrogen-bond donors (Lipinski definition) is 2. The van der Waals surface area contributed by atoms with Crippen molar-refractivity contribution < 1.29 is 22.7 Å². The van der Waals surface area contributed by atoms with E-state index in [1.165, 1.54) is 31.2 Å². The van der Waals surface area contributed by atoms with Crippen molar-refractivity contribution in [3.63, 3.8) is 0 Å². The Labute approximate surface area is 167 Å². The zero-order valence-electron chi connectivity index (χ0n) is 15.7. The molecular weight excluding hydrogens is 396 g/mol. The van der Waals surface area contributed by atoms with Gasteiger partial charge in [0, 0.05) is 31.5 Å². The number of hydrogen-bond acceptors (Lipinski definition) is 6. The van der Waals surface area contributed by atoms with Crippen LogP contribution in [0.25, 0.3) is 5.65 Å². The summed E-state index contributed by atoms with van der Waals surface area (Å²) in [5.74, 6) is -0.786. The lowest BCUT2D eigenvalue weighted by atomic mass is 10.3. The molecular formula is C19H20N4O5S. The lowest BCUT2D eigenvalue weighted by Crippen LogP contribution is -2.26. The van der Waals surface area contributed by atoms with Gasteiger partial charge in [-0.05, 0) is 36.4 Å². The van der Waals surface area contributed by atoms with Crippen LogP contribution in [0.1, 0.15) is 19.0 Å². The largest absolute Gasteiger partial charge is 0.459 e. The van der Waals surface area contributed by atoms with Gasteiger partial charge < -0.3 is 14.5 Å². The molecule has 3 rings (SSSR count). The normalized spacial score (nSPS) is 11.3. The van der Waals surface area contributed by atoms with Crippen LogP contribution in [0, 0.1) is 0 Å². The smallest absolute Gasteiger partial charge is 0.307 e. The van der Waals surface area contributed by atoms with E-state index >= 15 is 0 Å². The van der Waals surface area contributed by atoms with E-state index in [4.69, 9.17) is 4.74 Å². The summed E-state index contributed by atoms with van der Waals surface area (Å²) < 4.78 is 33.8. The van der Waals surface area contributed by atoms with Crippen LogP contribution in [0.3, 0.4) is 0 Å². The van der Waals surface area contributed by atoms with Crippen LogP contribution < -0.4 is 10.0 Å². The molecule has 0 unspecified atom stereocenters. The van der Waals surface area contributed by atoms with Crippen molar-refractivity contribution in [2.75, 3.05) is 11.9 Å². The zero-order valence-corrected chi connectivity index (χ0v) is 16.5. The van der Waals surface area contributed by atoms with E-state index in [9.17, 15) is 18.0 Å². The molecule has 0 aliphatic heterocycles. The summed E-state index contributed by atoms with van der Waals surface area (Å²) in [6.07, 6.45) is 3.48. The summed E-state index contributed by atoms with van der Waals surface area (Å²) in [5, 5.41) is 2.56. The first-order chi connectivity index (χ1) is 13.8. The maximum atomic E-state index is 12.3. The van der Waals surface area contributed by atoms with Gasteiger partial charge >= 0.3 is 5.97 Å². The van der Waals surface area contributed by atoms with Gasteiger partial charge in [0.05, 0.1) is 17.0 Å². The SMILES string of the molecule is CC(=O)Nc1ccc(S(=O)(=O)NCCC(=O)OCc2cn3ccccc3n2)cc1.